The van der Waals surface area contributed by atoms with Crippen LogP contribution in [0.3, 0.4) is 0 Å². The molecule has 0 saturated carbocycles. The van der Waals surface area contributed by atoms with E-state index in [1.165, 1.54) is 31.4 Å². The van der Waals surface area contributed by atoms with Crippen molar-refractivity contribution in [2.45, 2.75) is 25.7 Å². The van der Waals surface area contributed by atoms with E-state index in [1.807, 2.05) is 0 Å². The molecule has 0 amide bonds. The average molecular weight is 186 g/mol. The Balaban J connectivity index is 2.39. The van der Waals surface area contributed by atoms with Crippen LogP contribution in [0.15, 0.2) is 5.07 Å². The summed E-state index contributed by atoms with van der Waals surface area (Å²) in [5.74, 6) is 0. The molecule has 0 radical (unpaired) electrons. The second kappa shape index (κ2) is 2.28. The molecule has 9 heavy (non-hydrogen) atoms. The van der Waals surface area contributed by atoms with Gasteiger partial charge >= 0.3 is 60.4 Å². The Labute approximate surface area is 60.9 Å². The Hall–Kier alpha value is -0.0705. The molecule has 0 atom stereocenters. The fraction of sp³-hybridized carbons (Fsp3) is 0.571. The van der Waals surface area contributed by atoms with Crippen molar-refractivity contribution in [3.05, 3.63) is 15.2 Å². The Morgan fingerprint density at radius 2 is 2.22 bits per heavy atom. The predicted molar refractivity (Wildman–Crippen MR) is 37.8 cm³/mol. The Kier molecular flexibility index (Phi) is 1.44. The van der Waals surface area contributed by atoms with Crippen LogP contribution in [0.5, 0.6) is 0 Å². The standard InChI is InChI=1S/C7H9NSe/c1-2-4-7-6(3-1)8-5-9-7/h5H,1-4H2. The molecule has 0 fully saturated rings. The van der Waals surface area contributed by atoms with Gasteiger partial charge in [0, 0.05) is 0 Å². The first-order chi connectivity index (χ1) is 4.47. The molecule has 48 valence electrons. The first-order valence-corrected chi connectivity index (χ1v) is 5.22. The minimum atomic E-state index is 0.649. The molecule has 0 aromatic carbocycles. The van der Waals surface area contributed by atoms with Crippen LogP contribution >= 0.6 is 0 Å². The average Bonchev–Trinajstić information content (AvgIpc) is 2.33. The Bertz CT molecular complexity index is 184. The van der Waals surface area contributed by atoms with Gasteiger partial charge in [-0.25, -0.2) is 0 Å². The van der Waals surface area contributed by atoms with Crippen LogP contribution in [0.1, 0.15) is 23.0 Å². The van der Waals surface area contributed by atoms with Crippen LogP contribution in [0.25, 0.3) is 0 Å². The molecule has 0 unspecified atom stereocenters. The monoisotopic (exact) mass is 187 g/mol. The molecule has 2 rings (SSSR count). The van der Waals surface area contributed by atoms with Crippen molar-refractivity contribution in [3.63, 3.8) is 0 Å². The van der Waals surface area contributed by atoms with Gasteiger partial charge in [0.15, 0.2) is 0 Å². The van der Waals surface area contributed by atoms with E-state index in [0.29, 0.717) is 14.5 Å². The van der Waals surface area contributed by atoms with Gasteiger partial charge in [-0.15, -0.1) is 0 Å². The van der Waals surface area contributed by atoms with Gasteiger partial charge in [0.2, 0.25) is 0 Å². The van der Waals surface area contributed by atoms with Crippen molar-refractivity contribution in [1.82, 2.24) is 4.98 Å². The van der Waals surface area contributed by atoms with Gasteiger partial charge in [0.1, 0.15) is 0 Å². The summed E-state index contributed by atoms with van der Waals surface area (Å²) in [5.41, 5.74) is 1.43. The van der Waals surface area contributed by atoms with Gasteiger partial charge in [-0.1, -0.05) is 0 Å². The van der Waals surface area contributed by atoms with E-state index in [4.69, 9.17) is 0 Å². The van der Waals surface area contributed by atoms with Gasteiger partial charge in [0.25, 0.3) is 0 Å². The van der Waals surface area contributed by atoms with E-state index in [9.17, 15) is 0 Å². The number of aryl methyl sites for hydroxylation is 2. The van der Waals surface area contributed by atoms with E-state index >= 15 is 0 Å². The third kappa shape index (κ3) is 0.973. The fourth-order valence-corrected chi connectivity index (χ4v) is 3.08. The minimum absolute atomic E-state index is 0.649. The summed E-state index contributed by atoms with van der Waals surface area (Å²) >= 11 is 0.649. The van der Waals surface area contributed by atoms with Crippen LogP contribution in [0, 0.1) is 0 Å². The zero-order chi connectivity index (χ0) is 6.10. The van der Waals surface area contributed by atoms with Crippen LogP contribution in [0.4, 0.5) is 0 Å². The van der Waals surface area contributed by atoms with E-state index in [-0.39, 0.29) is 0 Å². The summed E-state index contributed by atoms with van der Waals surface area (Å²) in [4.78, 5) is 4.34. The van der Waals surface area contributed by atoms with Crippen molar-refractivity contribution >= 4 is 14.5 Å². The summed E-state index contributed by atoms with van der Waals surface area (Å²) in [6.07, 6.45) is 5.37. The first-order valence-electron chi connectivity index (χ1n) is 3.38. The first kappa shape index (κ1) is 5.69. The van der Waals surface area contributed by atoms with Crippen LogP contribution < -0.4 is 0 Å². The summed E-state index contributed by atoms with van der Waals surface area (Å²) in [6.45, 7) is 0. The van der Waals surface area contributed by atoms with Gasteiger partial charge in [-0.05, 0) is 0 Å². The number of nitrogens with zero attached hydrogens (tertiary/aromatic N) is 1. The molecule has 2 heteroatoms. The zero-order valence-corrected chi connectivity index (χ0v) is 6.97. The molecular formula is C7H9NSe. The van der Waals surface area contributed by atoms with Crippen molar-refractivity contribution in [2.75, 3.05) is 0 Å². The number of rotatable bonds is 0. The van der Waals surface area contributed by atoms with Gasteiger partial charge in [0.05, 0.1) is 0 Å². The predicted octanol–water partition coefficient (Wildman–Crippen LogP) is 1.02. The molecule has 1 aliphatic carbocycles. The second-order valence-electron chi connectivity index (χ2n) is 2.43. The summed E-state index contributed by atoms with van der Waals surface area (Å²) in [7, 11) is 0. The number of fused-ring (bicyclic) bond motifs is 1. The topological polar surface area (TPSA) is 12.9 Å². The summed E-state index contributed by atoms with van der Waals surface area (Å²) in [5, 5.41) is 2.11. The number of hydrogen-bond donors (Lipinski definition) is 0. The van der Waals surface area contributed by atoms with Crippen LogP contribution in [0.2, 0.25) is 0 Å². The summed E-state index contributed by atoms with van der Waals surface area (Å²) < 4.78 is 1.67. The molecule has 1 aromatic rings. The van der Waals surface area contributed by atoms with Crippen molar-refractivity contribution in [1.29, 1.82) is 0 Å². The molecular weight excluding hydrogens is 177 g/mol. The van der Waals surface area contributed by atoms with E-state index in [0.717, 1.165) is 0 Å². The third-order valence-corrected chi connectivity index (χ3v) is 3.75. The molecule has 1 aromatic heterocycles. The van der Waals surface area contributed by atoms with Crippen LogP contribution in [-0.2, 0) is 12.8 Å². The molecule has 1 heterocycles. The molecule has 1 nitrogen and oxygen atoms in total. The van der Waals surface area contributed by atoms with E-state index < -0.39 is 0 Å². The van der Waals surface area contributed by atoms with Crippen molar-refractivity contribution in [3.8, 4) is 0 Å². The molecule has 0 aliphatic heterocycles. The van der Waals surface area contributed by atoms with E-state index in [2.05, 4.69) is 10.1 Å². The molecule has 1 aliphatic rings. The Morgan fingerprint density at radius 3 is 3.11 bits per heavy atom. The molecule has 0 N–H and O–H groups in total. The second-order valence-corrected chi connectivity index (χ2v) is 4.40. The van der Waals surface area contributed by atoms with Gasteiger partial charge < -0.3 is 0 Å². The molecule has 0 spiro atoms. The van der Waals surface area contributed by atoms with Gasteiger partial charge in [-0.3, -0.25) is 0 Å². The van der Waals surface area contributed by atoms with Gasteiger partial charge in [-0.2, -0.15) is 0 Å². The maximum absolute atomic E-state index is 4.34. The van der Waals surface area contributed by atoms with Crippen molar-refractivity contribution in [2.24, 2.45) is 0 Å². The number of aromatic nitrogens is 1. The normalized spacial score (nSPS) is 17.3. The van der Waals surface area contributed by atoms with Crippen molar-refractivity contribution < 1.29 is 0 Å². The third-order valence-electron chi connectivity index (χ3n) is 1.79. The zero-order valence-electron chi connectivity index (χ0n) is 5.26. The SMILES string of the molecule is c1nc2c([se]1)CCCC2. The number of hydrogen-bond acceptors (Lipinski definition) is 1. The fourth-order valence-electron chi connectivity index (χ4n) is 1.28. The maximum atomic E-state index is 4.34. The van der Waals surface area contributed by atoms with E-state index in [1.54, 1.807) is 4.44 Å². The van der Waals surface area contributed by atoms with Crippen LogP contribution in [-0.4, -0.2) is 19.5 Å². The molecule has 0 bridgehead atoms. The quantitative estimate of drug-likeness (QED) is 0.551. The summed E-state index contributed by atoms with van der Waals surface area (Å²) in [6, 6.07) is 0. The molecule has 0 saturated heterocycles. The Morgan fingerprint density at radius 1 is 1.33 bits per heavy atom.